The standard InChI is InChI=1S/C12H14Br2N2O2/c1-12(2,3)18-11(17)16-9-4-5-15-7-8(9)6-10(13)14/h4-7H,1-3H3,(H,15,16,17). The van der Waals surface area contributed by atoms with Gasteiger partial charge in [0.1, 0.15) is 5.60 Å². The predicted molar refractivity (Wildman–Crippen MR) is 79.9 cm³/mol. The Morgan fingerprint density at radius 1 is 1.44 bits per heavy atom. The number of halogens is 2. The van der Waals surface area contributed by atoms with Crippen molar-refractivity contribution in [2.75, 3.05) is 5.32 Å². The minimum Gasteiger partial charge on any atom is -0.444 e. The summed E-state index contributed by atoms with van der Waals surface area (Å²) in [6.45, 7) is 5.44. The fraction of sp³-hybridized carbons (Fsp3) is 0.333. The van der Waals surface area contributed by atoms with E-state index in [2.05, 4.69) is 42.2 Å². The van der Waals surface area contributed by atoms with Crippen LogP contribution in [0.1, 0.15) is 26.3 Å². The van der Waals surface area contributed by atoms with Crippen molar-refractivity contribution >= 4 is 49.7 Å². The Bertz CT molecular complexity index is 463. The molecule has 0 saturated carbocycles. The molecular weight excluding hydrogens is 364 g/mol. The molecule has 0 aliphatic heterocycles. The monoisotopic (exact) mass is 376 g/mol. The second-order valence-corrected chi connectivity index (χ2v) is 7.30. The molecule has 0 radical (unpaired) electrons. The second kappa shape index (κ2) is 6.33. The quantitative estimate of drug-likeness (QED) is 0.824. The van der Waals surface area contributed by atoms with Gasteiger partial charge in [0.05, 0.1) is 9.08 Å². The number of hydrogen-bond acceptors (Lipinski definition) is 3. The molecule has 0 aromatic carbocycles. The van der Waals surface area contributed by atoms with E-state index < -0.39 is 11.7 Å². The summed E-state index contributed by atoms with van der Waals surface area (Å²) in [5, 5.41) is 2.69. The molecule has 0 atom stereocenters. The van der Waals surface area contributed by atoms with Crippen LogP contribution in [0.3, 0.4) is 0 Å². The molecule has 0 aliphatic carbocycles. The maximum Gasteiger partial charge on any atom is 0.412 e. The van der Waals surface area contributed by atoms with Gasteiger partial charge in [-0.1, -0.05) is 0 Å². The lowest BCUT2D eigenvalue weighted by molar-refractivity contribution is 0.0636. The van der Waals surface area contributed by atoms with E-state index in [1.807, 2.05) is 20.8 Å². The summed E-state index contributed by atoms with van der Waals surface area (Å²) < 4.78 is 5.95. The van der Waals surface area contributed by atoms with Crippen molar-refractivity contribution in [2.24, 2.45) is 0 Å². The first-order valence-electron chi connectivity index (χ1n) is 5.24. The van der Waals surface area contributed by atoms with E-state index in [4.69, 9.17) is 4.74 Å². The molecule has 0 saturated heterocycles. The first-order valence-corrected chi connectivity index (χ1v) is 6.83. The third kappa shape index (κ3) is 5.64. The summed E-state index contributed by atoms with van der Waals surface area (Å²) in [6, 6.07) is 1.71. The van der Waals surface area contributed by atoms with Crippen LogP contribution in [0, 0.1) is 0 Å². The van der Waals surface area contributed by atoms with Crippen LogP contribution in [0.5, 0.6) is 0 Å². The maximum atomic E-state index is 11.7. The highest BCUT2D eigenvalue weighted by Gasteiger charge is 2.16. The van der Waals surface area contributed by atoms with E-state index in [9.17, 15) is 4.79 Å². The average molecular weight is 378 g/mol. The molecular formula is C12H14Br2N2O2. The molecule has 0 bridgehead atoms. The second-order valence-electron chi connectivity index (χ2n) is 4.52. The van der Waals surface area contributed by atoms with Gasteiger partial charge in [0, 0.05) is 18.0 Å². The van der Waals surface area contributed by atoms with Gasteiger partial charge in [-0.05, 0) is 64.8 Å². The topological polar surface area (TPSA) is 51.2 Å². The van der Waals surface area contributed by atoms with Crippen molar-refractivity contribution in [1.82, 2.24) is 4.98 Å². The number of nitrogens with one attached hydrogen (secondary N) is 1. The summed E-state index contributed by atoms with van der Waals surface area (Å²) in [6.07, 6.45) is 4.55. The number of rotatable bonds is 2. The lowest BCUT2D eigenvalue weighted by Gasteiger charge is -2.20. The molecule has 98 valence electrons. The fourth-order valence-corrected chi connectivity index (χ4v) is 1.66. The Labute approximate surface area is 123 Å². The molecule has 0 fully saturated rings. The number of hydrogen-bond donors (Lipinski definition) is 1. The number of carbonyl (C=O) groups excluding carboxylic acids is 1. The van der Waals surface area contributed by atoms with Crippen molar-refractivity contribution in [3.63, 3.8) is 0 Å². The fourth-order valence-electron chi connectivity index (χ4n) is 1.17. The lowest BCUT2D eigenvalue weighted by Crippen LogP contribution is -2.27. The molecule has 0 spiro atoms. The molecule has 6 heteroatoms. The largest absolute Gasteiger partial charge is 0.444 e. The van der Waals surface area contributed by atoms with Crippen molar-refractivity contribution in [3.8, 4) is 0 Å². The van der Waals surface area contributed by atoms with Gasteiger partial charge in [0.2, 0.25) is 0 Å². The van der Waals surface area contributed by atoms with E-state index in [1.54, 1.807) is 24.5 Å². The van der Waals surface area contributed by atoms with E-state index in [0.717, 1.165) is 8.96 Å². The van der Waals surface area contributed by atoms with E-state index >= 15 is 0 Å². The zero-order valence-electron chi connectivity index (χ0n) is 10.3. The smallest absolute Gasteiger partial charge is 0.412 e. The predicted octanol–water partition coefficient (Wildman–Crippen LogP) is 4.52. The summed E-state index contributed by atoms with van der Waals surface area (Å²) in [7, 11) is 0. The SMILES string of the molecule is CC(C)(C)OC(=O)Nc1ccncc1C=C(Br)Br. The van der Waals surface area contributed by atoms with Crippen LogP contribution < -0.4 is 5.32 Å². The van der Waals surface area contributed by atoms with Crippen LogP contribution in [-0.4, -0.2) is 16.7 Å². The molecule has 1 rings (SSSR count). The third-order valence-electron chi connectivity index (χ3n) is 1.75. The molecule has 1 aromatic rings. The highest BCUT2D eigenvalue weighted by Crippen LogP contribution is 2.23. The minimum absolute atomic E-state index is 0.492. The van der Waals surface area contributed by atoms with Crippen LogP contribution in [0.2, 0.25) is 0 Å². The number of anilines is 1. The van der Waals surface area contributed by atoms with Crippen LogP contribution >= 0.6 is 31.9 Å². The average Bonchev–Trinajstić information content (AvgIpc) is 2.17. The number of pyridine rings is 1. The van der Waals surface area contributed by atoms with E-state index in [-0.39, 0.29) is 0 Å². The van der Waals surface area contributed by atoms with Gasteiger partial charge in [-0.2, -0.15) is 0 Å². The molecule has 1 aromatic heterocycles. The van der Waals surface area contributed by atoms with Crippen molar-refractivity contribution in [3.05, 3.63) is 27.4 Å². The molecule has 1 N–H and O–H groups in total. The molecule has 1 heterocycles. The Morgan fingerprint density at radius 2 is 2.11 bits per heavy atom. The summed E-state index contributed by atoms with van der Waals surface area (Å²) in [4.78, 5) is 15.7. The van der Waals surface area contributed by atoms with Crippen LogP contribution in [-0.2, 0) is 4.74 Å². The first kappa shape index (κ1) is 15.2. The molecule has 4 nitrogen and oxygen atoms in total. The van der Waals surface area contributed by atoms with Gasteiger partial charge in [0.15, 0.2) is 0 Å². The van der Waals surface area contributed by atoms with Crippen molar-refractivity contribution < 1.29 is 9.53 Å². The molecule has 18 heavy (non-hydrogen) atoms. The van der Waals surface area contributed by atoms with Crippen LogP contribution in [0.25, 0.3) is 6.08 Å². The van der Waals surface area contributed by atoms with Gasteiger partial charge >= 0.3 is 6.09 Å². The molecule has 0 unspecified atom stereocenters. The van der Waals surface area contributed by atoms with Crippen molar-refractivity contribution in [2.45, 2.75) is 26.4 Å². The van der Waals surface area contributed by atoms with Crippen molar-refractivity contribution in [1.29, 1.82) is 0 Å². The third-order valence-corrected chi connectivity index (χ3v) is 2.21. The number of carbonyl (C=O) groups is 1. The summed E-state index contributed by atoms with van der Waals surface area (Å²) >= 11 is 6.53. The van der Waals surface area contributed by atoms with Crippen LogP contribution in [0.15, 0.2) is 21.9 Å². The normalized spacial score (nSPS) is 10.7. The van der Waals surface area contributed by atoms with Gasteiger partial charge in [-0.3, -0.25) is 10.3 Å². The molecule has 0 aliphatic rings. The van der Waals surface area contributed by atoms with E-state index in [1.165, 1.54) is 0 Å². The molecule has 1 amide bonds. The number of aromatic nitrogens is 1. The Balaban J connectivity index is 2.85. The van der Waals surface area contributed by atoms with Gasteiger partial charge < -0.3 is 4.74 Å². The lowest BCUT2D eigenvalue weighted by atomic mass is 10.2. The highest BCUT2D eigenvalue weighted by molar-refractivity contribution is 9.28. The van der Waals surface area contributed by atoms with Gasteiger partial charge in [-0.25, -0.2) is 4.79 Å². The minimum atomic E-state index is -0.525. The number of ether oxygens (including phenoxy) is 1. The summed E-state index contributed by atoms with van der Waals surface area (Å²) in [5.41, 5.74) is 0.881. The Hall–Kier alpha value is -0.880. The zero-order chi connectivity index (χ0) is 13.8. The highest BCUT2D eigenvalue weighted by atomic mass is 79.9. The first-order chi connectivity index (χ1) is 8.28. The van der Waals surface area contributed by atoms with E-state index in [0.29, 0.717) is 5.69 Å². The zero-order valence-corrected chi connectivity index (χ0v) is 13.5. The maximum absolute atomic E-state index is 11.7. The summed E-state index contributed by atoms with van der Waals surface area (Å²) in [5.74, 6) is 0. The Kier molecular flexibility index (Phi) is 5.34. The van der Waals surface area contributed by atoms with Gasteiger partial charge in [0.25, 0.3) is 0 Å². The number of amides is 1. The van der Waals surface area contributed by atoms with Gasteiger partial charge in [-0.15, -0.1) is 0 Å². The van der Waals surface area contributed by atoms with Crippen LogP contribution in [0.4, 0.5) is 10.5 Å². The Morgan fingerprint density at radius 3 is 2.67 bits per heavy atom. The number of nitrogens with zero attached hydrogens (tertiary/aromatic N) is 1.